The van der Waals surface area contributed by atoms with Gasteiger partial charge in [-0.05, 0) is 43.6 Å². The lowest BCUT2D eigenvalue weighted by Gasteiger charge is -2.38. The van der Waals surface area contributed by atoms with Gasteiger partial charge in [-0.1, -0.05) is 30.3 Å². The van der Waals surface area contributed by atoms with Crippen LogP contribution in [0.4, 0.5) is 0 Å². The van der Waals surface area contributed by atoms with Crippen molar-refractivity contribution in [2.45, 2.75) is 44.2 Å². The van der Waals surface area contributed by atoms with Gasteiger partial charge in [-0.2, -0.15) is 0 Å². The van der Waals surface area contributed by atoms with Crippen molar-refractivity contribution in [3.63, 3.8) is 0 Å². The molecule has 22 heavy (non-hydrogen) atoms. The maximum atomic E-state index is 12.6. The van der Waals surface area contributed by atoms with E-state index in [-0.39, 0.29) is 23.5 Å². The maximum absolute atomic E-state index is 12.6. The number of aliphatic hydroxyl groups excluding tert-OH is 1. The molecule has 0 aromatic heterocycles. The Morgan fingerprint density at radius 2 is 2.05 bits per heavy atom. The highest BCUT2D eigenvalue weighted by Gasteiger charge is 2.51. The third-order valence-corrected chi connectivity index (χ3v) is 5.09. The number of carbonyl (C=O) groups excluding carboxylic acids is 1. The summed E-state index contributed by atoms with van der Waals surface area (Å²) in [5, 5.41) is 12.8. The highest BCUT2D eigenvalue weighted by atomic mass is 16.5. The average molecular weight is 303 g/mol. The fourth-order valence-corrected chi connectivity index (χ4v) is 3.35. The first kappa shape index (κ1) is 15.5. The molecule has 1 aromatic rings. The van der Waals surface area contributed by atoms with Crippen LogP contribution in [0.25, 0.3) is 0 Å². The first-order chi connectivity index (χ1) is 10.6. The van der Waals surface area contributed by atoms with Crippen LogP contribution >= 0.6 is 0 Å². The van der Waals surface area contributed by atoms with Gasteiger partial charge in [-0.15, -0.1) is 0 Å². The smallest absolute Gasteiger partial charge is 0.228 e. The molecule has 1 aromatic carbocycles. The van der Waals surface area contributed by atoms with Crippen LogP contribution in [-0.2, 0) is 16.0 Å². The molecule has 0 spiro atoms. The maximum Gasteiger partial charge on any atom is 0.228 e. The third-order valence-electron chi connectivity index (χ3n) is 5.09. The first-order valence-corrected chi connectivity index (χ1v) is 8.15. The summed E-state index contributed by atoms with van der Waals surface area (Å²) in [6.07, 6.45) is 4.03. The molecular formula is C18H25NO3. The minimum absolute atomic E-state index is 0.104. The van der Waals surface area contributed by atoms with E-state index in [1.807, 2.05) is 18.2 Å². The number of ether oxygens (including phenoxy) is 1. The van der Waals surface area contributed by atoms with Gasteiger partial charge < -0.3 is 15.2 Å². The second-order valence-electron chi connectivity index (χ2n) is 6.87. The van der Waals surface area contributed by atoms with Crippen molar-refractivity contribution in [1.82, 2.24) is 5.32 Å². The summed E-state index contributed by atoms with van der Waals surface area (Å²) in [6, 6.07) is 10.3. The van der Waals surface area contributed by atoms with E-state index in [1.54, 1.807) is 7.11 Å². The Labute approximate surface area is 131 Å². The molecule has 0 bridgehead atoms. The molecule has 0 unspecified atom stereocenters. The number of amides is 1. The zero-order valence-electron chi connectivity index (χ0n) is 13.1. The Morgan fingerprint density at radius 1 is 1.36 bits per heavy atom. The molecular weight excluding hydrogens is 278 g/mol. The number of hydrogen-bond acceptors (Lipinski definition) is 3. The number of hydrogen-bond donors (Lipinski definition) is 2. The Morgan fingerprint density at radius 3 is 2.59 bits per heavy atom. The van der Waals surface area contributed by atoms with E-state index in [1.165, 1.54) is 5.56 Å². The van der Waals surface area contributed by atoms with Gasteiger partial charge in [0.1, 0.15) is 0 Å². The molecule has 0 saturated heterocycles. The van der Waals surface area contributed by atoms with Crippen LogP contribution in [0.2, 0.25) is 0 Å². The highest BCUT2D eigenvalue weighted by Crippen LogP contribution is 2.46. The van der Waals surface area contributed by atoms with Crippen molar-refractivity contribution in [3.8, 4) is 0 Å². The molecule has 2 N–H and O–H groups in total. The van der Waals surface area contributed by atoms with Gasteiger partial charge in [0.15, 0.2) is 0 Å². The molecule has 4 nitrogen and oxygen atoms in total. The van der Waals surface area contributed by atoms with Gasteiger partial charge in [0.25, 0.3) is 0 Å². The molecule has 2 aliphatic rings. The topological polar surface area (TPSA) is 58.6 Å². The molecule has 0 aliphatic heterocycles. The normalized spacial score (nSPS) is 26.8. The third kappa shape index (κ3) is 3.33. The minimum Gasteiger partial charge on any atom is -0.393 e. The lowest BCUT2D eigenvalue weighted by molar-refractivity contribution is -0.130. The molecule has 1 atom stereocenters. The second kappa shape index (κ2) is 6.39. The monoisotopic (exact) mass is 303 g/mol. The van der Waals surface area contributed by atoms with Crippen molar-refractivity contribution < 1.29 is 14.6 Å². The predicted molar refractivity (Wildman–Crippen MR) is 84.4 cm³/mol. The lowest BCUT2D eigenvalue weighted by Crippen LogP contribution is -2.50. The predicted octanol–water partition coefficient (Wildman–Crippen LogP) is 1.91. The van der Waals surface area contributed by atoms with E-state index < -0.39 is 0 Å². The van der Waals surface area contributed by atoms with Crippen LogP contribution in [-0.4, -0.2) is 36.9 Å². The number of methoxy groups -OCH3 is 1. The van der Waals surface area contributed by atoms with Gasteiger partial charge in [0.05, 0.1) is 18.1 Å². The van der Waals surface area contributed by atoms with E-state index in [4.69, 9.17) is 4.74 Å². The quantitative estimate of drug-likeness (QED) is 0.809. The summed E-state index contributed by atoms with van der Waals surface area (Å²) in [5.74, 6) is 0.495. The largest absolute Gasteiger partial charge is 0.393 e. The van der Waals surface area contributed by atoms with Crippen LogP contribution in [0.15, 0.2) is 30.3 Å². The molecule has 2 saturated carbocycles. The SMILES string of the molecule is COCC1(C(=O)N[C@@H](Cc2ccccc2)C2CC(O)C2)CC1. The fourth-order valence-electron chi connectivity index (χ4n) is 3.35. The number of nitrogens with one attached hydrogen (secondary N) is 1. The van der Waals surface area contributed by atoms with Crippen LogP contribution in [0, 0.1) is 11.3 Å². The number of carbonyl (C=O) groups is 1. The fraction of sp³-hybridized carbons (Fsp3) is 0.611. The van der Waals surface area contributed by atoms with Crippen molar-refractivity contribution >= 4 is 5.91 Å². The van der Waals surface area contributed by atoms with Crippen molar-refractivity contribution in [3.05, 3.63) is 35.9 Å². The Bertz CT molecular complexity index is 506. The van der Waals surface area contributed by atoms with Gasteiger partial charge in [-0.3, -0.25) is 4.79 Å². The molecule has 1 amide bonds. The minimum atomic E-state index is -0.300. The summed E-state index contributed by atoms with van der Waals surface area (Å²) < 4.78 is 5.21. The zero-order valence-corrected chi connectivity index (χ0v) is 13.1. The summed E-state index contributed by atoms with van der Waals surface area (Å²) in [4.78, 5) is 12.6. The van der Waals surface area contributed by atoms with E-state index in [9.17, 15) is 9.90 Å². The average Bonchev–Trinajstić information content (AvgIpc) is 3.26. The number of aliphatic hydroxyl groups is 1. The van der Waals surface area contributed by atoms with E-state index in [0.717, 1.165) is 32.1 Å². The molecule has 4 heteroatoms. The molecule has 0 radical (unpaired) electrons. The molecule has 2 aliphatic carbocycles. The van der Waals surface area contributed by atoms with Crippen molar-refractivity contribution in [2.75, 3.05) is 13.7 Å². The van der Waals surface area contributed by atoms with E-state index >= 15 is 0 Å². The Kier molecular flexibility index (Phi) is 4.50. The second-order valence-corrected chi connectivity index (χ2v) is 6.87. The van der Waals surface area contributed by atoms with Crippen molar-refractivity contribution in [2.24, 2.45) is 11.3 Å². The van der Waals surface area contributed by atoms with Gasteiger partial charge in [-0.25, -0.2) is 0 Å². The number of rotatable bonds is 7. The molecule has 0 heterocycles. The summed E-state index contributed by atoms with van der Waals surface area (Å²) >= 11 is 0. The van der Waals surface area contributed by atoms with Crippen LogP contribution < -0.4 is 5.32 Å². The first-order valence-electron chi connectivity index (χ1n) is 8.15. The molecule has 3 rings (SSSR count). The summed E-state index contributed by atoms with van der Waals surface area (Å²) in [6.45, 7) is 0.504. The Hall–Kier alpha value is -1.39. The van der Waals surface area contributed by atoms with Gasteiger partial charge in [0.2, 0.25) is 5.91 Å². The van der Waals surface area contributed by atoms with E-state index in [0.29, 0.717) is 12.5 Å². The van der Waals surface area contributed by atoms with Crippen LogP contribution in [0.3, 0.4) is 0 Å². The number of benzene rings is 1. The Balaban J connectivity index is 1.65. The van der Waals surface area contributed by atoms with Crippen LogP contribution in [0.5, 0.6) is 0 Å². The molecule has 2 fully saturated rings. The lowest BCUT2D eigenvalue weighted by atomic mass is 9.75. The van der Waals surface area contributed by atoms with Crippen molar-refractivity contribution in [1.29, 1.82) is 0 Å². The standard InChI is InChI=1S/C18H25NO3/c1-22-12-18(7-8-18)17(21)19-16(14-10-15(20)11-14)9-13-5-3-2-4-6-13/h2-6,14-16,20H,7-12H2,1H3,(H,19,21)/t14?,15?,16-/m0/s1. The van der Waals surface area contributed by atoms with Gasteiger partial charge >= 0.3 is 0 Å². The van der Waals surface area contributed by atoms with Crippen LogP contribution in [0.1, 0.15) is 31.2 Å². The van der Waals surface area contributed by atoms with Gasteiger partial charge in [0, 0.05) is 13.2 Å². The zero-order chi connectivity index (χ0) is 15.6. The summed E-state index contributed by atoms with van der Waals surface area (Å²) in [5.41, 5.74) is 0.928. The summed E-state index contributed by atoms with van der Waals surface area (Å²) in [7, 11) is 1.65. The highest BCUT2D eigenvalue weighted by molar-refractivity contribution is 5.85. The molecule has 120 valence electrons. The van der Waals surface area contributed by atoms with E-state index in [2.05, 4.69) is 17.4 Å².